The van der Waals surface area contributed by atoms with Gasteiger partial charge < -0.3 is 5.32 Å². The highest BCUT2D eigenvalue weighted by Crippen LogP contribution is 2.15. The second kappa shape index (κ2) is 4.64. The molecule has 1 N–H and O–H groups in total. The van der Waals surface area contributed by atoms with Crippen LogP contribution in [0.5, 0.6) is 0 Å². The normalized spacial score (nSPS) is 10.2. The number of hydrogen-bond donors (Lipinski definition) is 2. The number of benzene rings is 2. The number of thiocarbonyl (C=S) groups is 1. The van der Waals surface area contributed by atoms with Crippen molar-refractivity contribution in [3.8, 4) is 0 Å². The van der Waals surface area contributed by atoms with E-state index in [-0.39, 0.29) is 0 Å². The van der Waals surface area contributed by atoms with Crippen molar-refractivity contribution in [2.24, 2.45) is 0 Å². The average molecular weight is 233 g/mol. The molecule has 0 bridgehead atoms. The van der Waals surface area contributed by atoms with Crippen molar-refractivity contribution in [1.82, 2.24) is 5.32 Å². The van der Waals surface area contributed by atoms with Crippen LogP contribution in [0.1, 0.15) is 5.56 Å². The number of rotatable bonds is 2. The van der Waals surface area contributed by atoms with E-state index >= 15 is 0 Å². The van der Waals surface area contributed by atoms with Crippen LogP contribution in [0.15, 0.2) is 42.5 Å². The summed E-state index contributed by atoms with van der Waals surface area (Å²) in [6.45, 7) is 0.729. The van der Waals surface area contributed by atoms with Crippen molar-refractivity contribution >= 4 is 39.9 Å². The van der Waals surface area contributed by atoms with E-state index in [1.807, 2.05) is 12.1 Å². The molecule has 15 heavy (non-hydrogen) atoms. The zero-order valence-corrected chi connectivity index (χ0v) is 9.81. The zero-order chi connectivity index (χ0) is 10.7. The van der Waals surface area contributed by atoms with Gasteiger partial charge in [0.2, 0.25) is 0 Å². The molecule has 0 atom stereocenters. The van der Waals surface area contributed by atoms with Crippen LogP contribution in [0.4, 0.5) is 0 Å². The van der Waals surface area contributed by atoms with E-state index in [1.165, 1.54) is 16.3 Å². The summed E-state index contributed by atoms with van der Waals surface area (Å²) >= 11 is 8.87. The molecule has 0 aliphatic rings. The average Bonchev–Trinajstić information content (AvgIpc) is 2.26. The molecule has 2 aromatic rings. The van der Waals surface area contributed by atoms with Gasteiger partial charge in [0.25, 0.3) is 0 Å². The molecule has 0 saturated carbocycles. The molecule has 2 rings (SSSR count). The summed E-state index contributed by atoms with van der Waals surface area (Å²) in [7, 11) is 0. The predicted octanol–water partition coefficient (Wildman–Crippen LogP) is 3.14. The molecule has 0 unspecified atom stereocenters. The van der Waals surface area contributed by atoms with E-state index in [0.717, 1.165) is 6.54 Å². The van der Waals surface area contributed by atoms with Crippen molar-refractivity contribution in [1.29, 1.82) is 0 Å². The van der Waals surface area contributed by atoms with Crippen LogP contribution in [-0.4, -0.2) is 4.32 Å². The van der Waals surface area contributed by atoms with E-state index in [2.05, 4.69) is 48.3 Å². The Morgan fingerprint density at radius 2 is 1.87 bits per heavy atom. The molecule has 0 amide bonds. The number of fused-ring (bicyclic) bond motifs is 1. The minimum Gasteiger partial charge on any atom is -0.367 e. The molecular weight excluding hydrogens is 222 g/mol. The molecule has 0 aliphatic carbocycles. The van der Waals surface area contributed by atoms with Gasteiger partial charge in [-0.3, -0.25) is 0 Å². The third-order valence-corrected chi connectivity index (χ3v) is 2.56. The van der Waals surface area contributed by atoms with E-state index in [4.69, 9.17) is 12.2 Å². The van der Waals surface area contributed by atoms with Gasteiger partial charge in [0, 0.05) is 6.54 Å². The maximum Gasteiger partial charge on any atom is 0.130 e. The van der Waals surface area contributed by atoms with Gasteiger partial charge >= 0.3 is 0 Å². The first-order valence-electron chi connectivity index (χ1n) is 4.70. The van der Waals surface area contributed by atoms with Gasteiger partial charge in [0.05, 0.1) is 0 Å². The third kappa shape index (κ3) is 2.70. The van der Waals surface area contributed by atoms with Gasteiger partial charge in [-0.2, -0.15) is 0 Å². The molecule has 0 heterocycles. The molecule has 0 saturated heterocycles. The first-order chi connectivity index (χ1) is 7.25. The Hall–Kier alpha value is -1.06. The van der Waals surface area contributed by atoms with E-state index < -0.39 is 0 Å². The van der Waals surface area contributed by atoms with Gasteiger partial charge in [-0.15, -0.1) is 12.6 Å². The SMILES string of the molecule is S=C(S)NCc1ccc2ccccc2c1. The van der Waals surface area contributed by atoms with Crippen LogP contribution in [0.3, 0.4) is 0 Å². The van der Waals surface area contributed by atoms with Crippen molar-refractivity contribution in [2.75, 3.05) is 0 Å². The van der Waals surface area contributed by atoms with Gasteiger partial charge in [0.1, 0.15) is 4.32 Å². The lowest BCUT2D eigenvalue weighted by Crippen LogP contribution is -2.15. The molecular formula is C12H11NS2. The summed E-state index contributed by atoms with van der Waals surface area (Å²) in [6.07, 6.45) is 0. The maximum atomic E-state index is 4.84. The fourth-order valence-electron chi connectivity index (χ4n) is 1.53. The standard InChI is InChI=1S/C12H11NS2/c14-12(15)13-8-9-5-6-10-3-1-2-4-11(10)7-9/h1-7H,8H2,(H2,13,14,15). The van der Waals surface area contributed by atoms with E-state index in [1.54, 1.807) is 0 Å². The van der Waals surface area contributed by atoms with Gasteiger partial charge in [-0.1, -0.05) is 48.6 Å². The quantitative estimate of drug-likeness (QED) is 0.610. The smallest absolute Gasteiger partial charge is 0.130 e. The van der Waals surface area contributed by atoms with Crippen molar-refractivity contribution in [2.45, 2.75) is 6.54 Å². The fraction of sp³-hybridized carbons (Fsp3) is 0.0833. The van der Waals surface area contributed by atoms with Crippen LogP contribution in [0.25, 0.3) is 10.8 Å². The zero-order valence-electron chi connectivity index (χ0n) is 8.10. The van der Waals surface area contributed by atoms with Crippen molar-refractivity contribution < 1.29 is 0 Å². The van der Waals surface area contributed by atoms with Crippen LogP contribution in [0, 0.1) is 0 Å². The first-order valence-corrected chi connectivity index (χ1v) is 5.56. The topological polar surface area (TPSA) is 12.0 Å². The van der Waals surface area contributed by atoms with Gasteiger partial charge in [0.15, 0.2) is 0 Å². The van der Waals surface area contributed by atoms with Gasteiger partial charge in [-0.05, 0) is 22.4 Å². The first kappa shape index (κ1) is 10.5. The molecule has 0 aromatic heterocycles. The van der Waals surface area contributed by atoms with Crippen LogP contribution in [0.2, 0.25) is 0 Å². The second-order valence-corrected chi connectivity index (χ2v) is 4.50. The molecule has 1 nitrogen and oxygen atoms in total. The second-order valence-electron chi connectivity index (χ2n) is 3.34. The van der Waals surface area contributed by atoms with Gasteiger partial charge in [-0.25, -0.2) is 0 Å². The Balaban J connectivity index is 2.26. The Morgan fingerprint density at radius 1 is 1.13 bits per heavy atom. The minimum absolute atomic E-state index is 0.531. The Kier molecular flexibility index (Phi) is 3.23. The highest BCUT2D eigenvalue weighted by molar-refractivity contribution is 8.11. The third-order valence-electron chi connectivity index (χ3n) is 2.26. The summed E-state index contributed by atoms with van der Waals surface area (Å²) in [4.78, 5) is 0. The lowest BCUT2D eigenvalue weighted by molar-refractivity contribution is 0.942. The van der Waals surface area contributed by atoms with Crippen LogP contribution < -0.4 is 5.32 Å². The minimum atomic E-state index is 0.531. The van der Waals surface area contributed by atoms with Crippen LogP contribution >= 0.6 is 24.8 Å². The number of thiol groups is 1. The fourth-order valence-corrected chi connectivity index (χ4v) is 1.68. The summed E-state index contributed by atoms with van der Waals surface area (Å²) < 4.78 is 0.531. The summed E-state index contributed by atoms with van der Waals surface area (Å²) in [6, 6.07) is 14.7. The lowest BCUT2D eigenvalue weighted by atomic mass is 10.1. The predicted molar refractivity (Wildman–Crippen MR) is 72.4 cm³/mol. The molecule has 0 aliphatic heterocycles. The molecule has 2 aromatic carbocycles. The Bertz CT molecular complexity index is 494. The van der Waals surface area contributed by atoms with E-state index in [0.29, 0.717) is 4.32 Å². The van der Waals surface area contributed by atoms with Crippen molar-refractivity contribution in [3.05, 3.63) is 48.0 Å². The van der Waals surface area contributed by atoms with E-state index in [9.17, 15) is 0 Å². The molecule has 0 spiro atoms. The largest absolute Gasteiger partial charge is 0.367 e. The molecule has 3 heteroatoms. The molecule has 0 fully saturated rings. The highest BCUT2D eigenvalue weighted by Gasteiger charge is 1.95. The van der Waals surface area contributed by atoms with Crippen molar-refractivity contribution in [3.63, 3.8) is 0 Å². The van der Waals surface area contributed by atoms with Crippen LogP contribution in [-0.2, 0) is 6.54 Å². The highest BCUT2D eigenvalue weighted by atomic mass is 32.1. The lowest BCUT2D eigenvalue weighted by Gasteiger charge is -2.05. The number of hydrogen-bond acceptors (Lipinski definition) is 1. The summed E-state index contributed by atoms with van der Waals surface area (Å²) in [5, 5.41) is 5.53. The Morgan fingerprint density at radius 3 is 2.60 bits per heavy atom. The summed E-state index contributed by atoms with van der Waals surface area (Å²) in [5.41, 5.74) is 1.21. The number of nitrogens with one attached hydrogen (secondary N) is 1. The Labute approximate surface area is 99.9 Å². The monoisotopic (exact) mass is 233 g/mol. The summed E-state index contributed by atoms with van der Waals surface area (Å²) in [5.74, 6) is 0. The maximum absolute atomic E-state index is 4.84. The molecule has 0 radical (unpaired) electrons. The molecule has 76 valence electrons.